The average molecular weight is 495 g/mol. The van der Waals surface area contributed by atoms with Gasteiger partial charge in [0.05, 0.1) is 12.2 Å². The minimum atomic E-state index is -4.54. The van der Waals surface area contributed by atoms with E-state index < -0.39 is 23.4 Å². The summed E-state index contributed by atoms with van der Waals surface area (Å²) >= 11 is 0. The number of benzene rings is 1. The van der Waals surface area contributed by atoms with Gasteiger partial charge in [0.1, 0.15) is 17.2 Å². The van der Waals surface area contributed by atoms with E-state index in [4.69, 9.17) is 4.74 Å². The molecule has 0 bridgehead atoms. The summed E-state index contributed by atoms with van der Waals surface area (Å²) in [4.78, 5) is 14.8. The molecule has 188 valence electrons. The van der Waals surface area contributed by atoms with E-state index in [1.165, 1.54) is 0 Å². The fourth-order valence-corrected chi connectivity index (χ4v) is 4.23. The summed E-state index contributed by atoms with van der Waals surface area (Å²) < 4.78 is 74.4. The highest BCUT2D eigenvalue weighted by Gasteiger charge is 2.56. The number of nitrogens with one attached hydrogen (secondary N) is 1. The molecule has 11 heteroatoms. The molecule has 1 aromatic carbocycles. The third-order valence-corrected chi connectivity index (χ3v) is 6.32. The van der Waals surface area contributed by atoms with Crippen molar-refractivity contribution >= 4 is 22.7 Å². The van der Waals surface area contributed by atoms with E-state index in [0.29, 0.717) is 11.8 Å². The second kappa shape index (κ2) is 9.52. The van der Waals surface area contributed by atoms with Gasteiger partial charge in [0.15, 0.2) is 11.4 Å². The summed E-state index contributed by atoms with van der Waals surface area (Å²) in [5.41, 5.74) is -0.765. The van der Waals surface area contributed by atoms with Crippen molar-refractivity contribution in [1.29, 1.82) is 0 Å². The van der Waals surface area contributed by atoms with E-state index in [2.05, 4.69) is 20.3 Å². The van der Waals surface area contributed by atoms with Crippen LogP contribution in [0.25, 0.3) is 10.9 Å². The predicted octanol–water partition coefficient (Wildman–Crippen LogP) is 5.59. The molecule has 1 aliphatic rings. The normalized spacial score (nSPS) is 16.2. The van der Waals surface area contributed by atoms with E-state index in [0.717, 1.165) is 18.9 Å². The van der Waals surface area contributed by atoms with Crippen LogP contribution in [-0.2, 0) is 11.3 Å². The highest BCUT2D eigenvalue weighted by molar-refractivity contribution is 5.91. The van der Waals surface area contributed by atoms with Crippen molar-refractivity contribution in [2.45, 2.75) is 50.9 Å². The maximum Gasteiger partial charge on any atom is 0.417 e. The molecule has 2 aromatic heterocycles. The van der Waals surface area contributed by atoms with Crippen molar-refractivity contribution in [3.05, 3.63) is 53.4 Å². The fourth-order valence-electron chi connectivity index (χ4n) is 4.23. The van der Waals surface area contributed by atoms with Crippen LogP contribution < -0.4 is 10.2 Å². The average Bonchev–Trinajstić information content (AvgIpc) is 2.82. The number of hydrogen-bond donors (Lipinski definition) is 1. The van der Waals surface area contributed by atoms with Crippen molar-refractivity contribution < 1.29 is 26.7 Å². The quantitative estimate of drug-likeness (QED) is 0.450. The number of piperidine rings is 1. The van der Waals surface area contributed by atoms with Gasteiger partial charge < -0.3 is 15.0 Å². The molecule has 1 N–H and O–H groups in total. The minimum absolute atomic E-state index is 0.0605. The number of anilines is 2. The molecule has 0 atom stereocenters. The van der Waals surface area contributed by atoms with E-state index in [-0.39, 0.29) is 61.1 Å². The van der Waals surface area contributed by atoms with Crippen LogP contribution in [0.5, 0.6) is 0 Å². The number of ether oxygens (including phenoxy) is 1. The molecular weight excluding hydrogens is 469 g/mol. The summed E-state index contributed by atoms with van der Waals surface area (Å²) in [6.45, 7) is 4.17. The predicted molar refractivity (Wildman–Crippen MR) is 122 cm³/mol. The number of methoxy groups -OCH3 is 1. The van der Waals surface area contributed by atoms with Gasteiger partial charge in [0.2, 0.25) is 5.95 Å². The Bertz CT molecular complexity index is 1210. The van der Waals surface area contributed by atoms with Gasteiger partial charge >= 0.3 is 6.18 Å². The van der Waals surface area contributed by atoms with Crippen LogP contribution in [0.1, 0.15) is 44.0 Å². The number of halogens is 5. The highest BCUT2D eigenvalue weighted by Crippen LogP contribution is 2.42. The first kappa shape index (κ1) is 25.0. The molecule has 6 nitrogen and oxygen atoms in total. The van der Waals surface area contributed by atoms with Crippen molar-refractivity contribution in [3.8, 4) is 0 Å². The Morgan fingerprint density at radius 3 is 2.43 bits per heavy atom. The summed E-state index contributed by atoms with van der Waals surface area (Å²) in [5.74, 6) is -1.25. The Morgan fingerprint density at radius 1 is 1.09 bits per heavy atom. The van der Waals surface area contributed by atoms with Crippen molar-refractivity contribution in [2.24, 2.45) is 0 Å². The Labute approximate surface area is 199 Å². The second-order valence-electron chi connectivity index (χ2n) is 8.90. The molecule has 3 aromatic rings. The van der Waals surface area contributed by atoms with Crippen LogP contribution in [0.2, 0.25) is 0 Å². The molecule has 0 saturated carbocycles. The smallest absolute Gasteiger partial charge is 0.369 e. The van der Waals surface area contributed by atoms with Gasteiger partial charge in [-0.25, -0.2) is 13.8 Å². The van der Waals surface area contributed by atoms with Gasteiger partial charge in [-0.1, -0.05) is 19.9 Å². The third kappa shape index (κ3) is 5.00. The van der Waals surface area contributed by atoms with E-state index in [1.807, 2.05) is 32.0 Å². The molecule has 3 heterocycles. The second-order valence-corrected chi connectivity index (χ2v) is 8.90. The van der Waals surface area contributed by atoms with Gasteiger partial charge in [-0.15, -0.1) is 0 Å². The first-order valence-corrected chi connectivity index (χ1v) is 11.3. The first-order chi connectivity index (χ1) is 16.5. The summed E-state index contributed by atoms with van der Waals surface area (Å²) in [5, 5.41) is 3.10. The lowest BCUT2D eigenvalue weighted by Crippen LogP contribution is -2.54. The Hall–Kier alpha value is -3.08. The van der Waals surface area contributed by atoms with E-state index in [1.54, 1.807) is 4.90 Å². The zero-order chi connectivity index (χ0) is 25.4. The minimum Gasteiger partial charge on any atom is -0.369 e. The molecule has 0 unspecified atom stereocenters. The largest absolute Gasteiger partial charge is 0.417 e. The topological polar surface area (TPSA) is 63.2 Å². The standard InChI is InChI=1S/C24H26F5N5O/c1-14(2)19-6-4-5-16(31-19)13-30-22-32-20-17(11-15(25)12-18(20)26)21(33-22)34-9-7-23(35-3,8-10-34)24(27,28)29/h4-6,11-12,14H,7-10,13H2,1-3H3,(H,30,32,33). The molecule has 35 heavy (non-hydrogen) atoms. The molecule has 0 spiro atoms. The van der Waals surface area contributed by atoms with Crippen molar-refractivity contribution in [1.82, 2.24) is 15.0 Å². The number of pyridine rings is 1. The van der Waals surface area contributed by atoms with E-state index >= 15 is 0 Å². The van der Waals surface area contributed by atoms with Crippen LogP contribution in [0.15, 0.2) is 30.3 Å². The zero-order valence-corrected chi connectivity index (χ0v) is 19.6. The molecule has 0 radical (unpaired) electrons. The monoisotopic (exact) mass is 495 g/mol. The summed E-state index contributed by atoms with van der Waals surface area (Å²) in [6, 6.07) is 7.42. The molecular formula is C24H26F5N5O. The van der Waals surface area contributed by atoms with Crippen LogP contribution in [-0.4, -0.2) is 46.9 Å². The maximum absolute atomic E-state index is 14.7. The van der Waals surface area contributed by atoms with Crippen LogP contribution >= 0.6 is 0 Å². The molecule has 0 amide bonds. The Kier molecular flexibility index (Phi) is 6.81. The van der Waals surface area contributed by atoms with Crippen LogP contribution in [0.3, 0.4) is 0 Å². The number of hydrogen-bond acceptors (Lipinski definition) is 6. The van der Waals surface area contributed by atoms with Gasteiger partial charge in [0.25, 0.3) is 0 Å². The summed E-state index contributed by atoms with van der Waals surface area (Å²) in [6.07, 6.45) is -5.22. The Morgan fingerprint density at radius 2 is 1.80 bits per heavy atom. The lowest BCUT2D eigenvalue weighted by molar-refractivity contribution is -0.276. The van der Waals surface area contributed by atoms with Gasteiger partial charge in [-0.3, -0.25) is 4.98 Å². The molecule has 4 rings (SSSR count). The third-order valence-electron chi connectivity index (χ3n) is 6.32. The number of aromatic nitrogens is 3. The van der Waals surface area contributed by atoms with Gasteiger partial charge in [-0.2, -0.15) is 18.2 Å². The molecule has 1 saturated heterocycles. The number of nitrogens with zero attached hydrogens (tertiary/aromatic N) is 4. The Balaban J connectivity index is 1.66. The van der Waals surface area contributed by atoms with Crippen LogP contribution in [0.4, 0.5) is 33.7 Å². The lowest BCUT2D eigenvalue weighted by Gasteiger charge is -2.42. The van der Waals surface area contributed by atoms with Crippen molar-refractivity contribution in [3.63, 3.8) is 0 Å². The summed E-state index contributed by atoms with van der Waals surface area (Å²) in [7, 11) is 1.04. The van der Waals surface area contributed by atoms with Gasteiger partial charge in [-0.05, 0) is 24.1 Å². The molecule has 1 aliphatic heterocycles. The maximum atomic E-state index is 14.7. The lowest BCUT2D eigenvalue weighted by atomic mass is 9.90. The van der Waals surface area contributed by atoms with Gasteiger partial charge in [0, 0.05) is 50.2 Å². The van der Waals surface area contributed by atoms with Crippen molar-refractivity contribution in [2.75, 3.05) is 30.4 Å². The molecule has 0 aliphatic carbocycles. The SMILES string of the molecule is COC1(C(F)(F)F)CCN(c2nc(NCc3cccc(C(C)C)n3)nc3c(F)cc(F)cc23)CC1. The fraction of sp³-hybridized carbons (Fsp3) is 0.458. The number of rotatable bonds is 6. The zero-order valence-electron chi connectivity index (χ0n) is 19.6. The number of fused-ring (bicyclic) bond motifs is 1. The first-order valence-electron chi connectivity index (χ1n) is 11.3. The highest BCUT2D eigenvalue weighted by atomic mass is 19.4. The number of alkyl halides is 3. The van der Waals surface area contributed by atoms with E-state index in [9.17, 15) is 22.0 Å². The van der Waals surface area contributed by atoms with Crippen LogP contribution in [0, 0.1) is 11.6 Å². The molecule has 1 fully saturated rings.